The molecular formula is C31H28ClN3O7S2. The highest BCUT2D eigenvalue weighted by Crippen LogP contribution is 2.69. The number of nitrogens with one attached hydrogen (secondary N) is 2. The molecule has 0 radical (unpaired) electrons. The Hall–Kier alpha value is -3.61. The maximum absolute atomic E-state index is 13.7. The van der Waals surface area contributed by atoms with Gasteiger partial charge in [-0.05, 0) is 60.9 Å². The first-order valence-electron chi connectivity index (χ1n) is 14.4. The van der Waals surface area contributed by atoms with Crippen LogP contribution in [-0.2, 0) is 19.2 Å². The molecule has 3 N–H and O–H groups in total. The number of aromatic amines is 1. The fourth-order valence-corrected chi connectivity index (χ4v) is 10.9. The number of amides is 3. The Kier molecular flexibility index (Phi) is 7.54. The van der Waals surface area contributed by atoms with Crippen molar-refractivity contribution in [3.8, 4) is 5.75 Å². The molecule has 1 aromatic heterocycles. The van der Waals surface area contributed by atoms with Gasteiger partial charge in [0, 0.05) is 45.3 Å². The zero-order valence-corrected chi connectivity index (χ0v) is 25.6. The Labute approximate surface area is 265 Å². The molecule has 228 valence electrons. The van der Waals surface area contributed by atoms with E-state index in [-0.39, 0.29) is 77.5 Å². The number of aromatic nitrogens is 1. The summed E-state index contributed by atoms with van der Waals surface area (Å²) in [6.07, 6.45) is 0.812. The number of aliphatic carboxylic acids is 1. The minimum Gasteiger partial charge on any atom is -0.483 e. The van der Waals surface area contributed by atoms with Crippen LogP contribution in [0.5, 0.6) is 5.75 Å². The molecule has 1 saturated heterocycles. The van der Waals surface area contributed by atoms with E-state index >= 15 is 0 Å². The monoisotopic (exact) mass is 653 g/mol. The number of para-hydroxylation sites is 1. The molecule has 4 aliphatic rings. The van der Waals surface area contributed by atoms with Crippen LogP contribution in [-0.4, -0.2) is 57.1 Å². The predicted molar refractivity (Wildman–Crippen MR) is 164 cm³/mol. The standard InChI is InChI=1S/C31H28ClN3O7S2/c32-14-8-9-19(42-13-20(36)33-15-5-2-1-3-6-15)16(11-14)22-23-17-12-18(26(23)43-28-27(22)44-31(41)34-28)25-24(17)29(39)35(30(25)40)10-4-7-21(37)38/h1-3,5-6,8-9,11,17-18,22-26H,4,7,10,12-13H2,(H,33,36)(H,34,41)(H,37,38)/t17?,18?,22-,23?,24?,25?,26?/m1/s1. The number of anilines is 1. The maximum Gasteiger partial charge on any atom is 0.305 e. The van der Waals surface area contributed by atoms with Gasteiger partial charge in [-0.25, -0.2) is 0 Å². The van der Waals surface area contributed by atoms with Gasteiger partial charge in [-0.2, -0.15) is 0 Å². The zero-order chi connectivity index (χ0) is 30.7. The summed E-state index contributed by atoms with van der Waals surface area (Å²) in [5.74, 6) is -2.83. The number of carboxylic acid groups (broad SMARTS) is 1. The number of halogens is 1. The second kappa shape index (κ2) is 11.4. The van der Waals surface area contributed by atoms with Crippen molar-refractivity contribution in [2.75, 3.05) is 18.5 Å². The molecule has 2 bridgehead atoms. The number of carbonyl (C=O) groups excluding carboxylic acids is 3. The fraction of sp³-hybridized carbons (Fsp3) is 0.387. The van der Waals surface area contributed by atoms with Crippen LogP contribution in [0.3, 0.4) is 0 Å². The lowest BCUT2D eigenvalue weighted by molar-refractivity contribution is -0.142. The summed E-state index contributed by atoms with van der Waals surface area (Å²) < 4.78 is 6.10. The van der Waals surface area contributed by atoms with Gasteiger partial charge < -0.3 is 20.1 Å². The number of carbonyl (C=O) groups is 4. The molecule has 6 unspecified atom stereocenters. The molecule has 2 aliphatic heterocycles. The lowest BCUT2D eigenvalue weighted by atomic mass is 9.68. The molecule has 3 fully saturated rings. The minimum atomic E-state index is -0.966. The zero-order valence-electron chi connectivity index (χ0n) is 23.2. The van der Waals surface area contributed by atoms with E-state index in [0.29, 0.717) is 22.9 Å². The molecule has 3 aromatic rings. The van der Waals surface area contributed by atoms with Crippen molar-refractivity contribution in [3.63, 3.8) is 0 Å². The molecular weight excluding hydrogens is 626 g/mol. The Bertz CT molecular complexity index is 1730. The van der Waals surface area contributed by atoms with E-state index in [1.54, 1.807) is 42.1 Å². The number of likely N-dealkylation sites (tertiary alicyclic amines) is 1. The van der Waals surface area contributed by atoms with Crippen LogP contribution >= 0.6 is 34.7 Å². The van der Waals surface area contributed by atoms with Crippen LogP contribution in [0.15, 0.2) is 58.4 Å². The number of imide groups is 1. The van der Waals surface area contributed by atoms with Crippen LogP contribution in [0.2, 0.25) is 5.02 Å². The second-order valence-corrected chi connectivity index (χ2v) is 14.3. The third-order valence-corrected chi connectivity index (χ3v) is 12.1. The Morgan fingerprint density at radius 2 is 1.82 bits per heavy atom. The van der Waals surface area contributed by atoms with E-state index in [1.165, 1.54) is 4.90 Å². The first kappa shape index (κ1) is 29.1. The van der Waals surface area contributed by atoms with Gasteiger partial charge in [-0.15, -0.1) is 11.8 Å². The SMILES string of the molecule is O=C(O)CCCN1C(=O)C2C3CC(C2C1=O)C1C3Sc2[nH]c(=O)sc2[C@@H]1c1cc(Cl)ccc1OCC(=O)Nc1ccccc1. The number of thiazole rings is 1. The van der Waals surface area contributed by atoms with Crippen LogP contribution in [0.4, 0.5) is 5.69 Å². The Balaban J connectivity index is 1.21. The van der Waals surface area contributed by atoms with E-state index < -0.39 is 17.8 Å². The molecule has 10 nitrogen and oxygen atoms in total. The summed E-state index contributed by atoms with van der Waals surface area (Å²) >= 11 is 9.22. The van der Waals surface area contributed by atoms with Gasteiger partial charge in [0.05, 0.1) is 16.9 Å². The molecule has 7 atom stereocenters. The normalized spacial score (nSPS) is 28.0. The average molecular weight is 654 g/mol. The van der Waals surface area contributed by atoms with Gasteiger partial charge in [-0.3, -0.25) is 28.9 Å². The van der Waals surface area contributed by atoms with E-state index in [2.05, 4.69) is 10.3 Å². The van der Waals surface area contributed by atoms with Crippen molar-refractivity contribution in [2.24, 2.45) is 29.6 Å². The van der Waals surface area contributed by atoms with Crippen LogP contribution in [0, 0.1) is 29.6 Å². The highest BCUT2D eigenvalue weighted by molar-refractivity contribution is 8.00. The molecule has 2 aliphatic carbocycles. The number of rotatable bonds is 9. The molecule has 3 amide bonds. The average Bonchev–Trinajstić information content (AvgIpc) is 3.72. The number of hydrogen-bond donors (Lipinski definition) is 3. The molecule has 2 saturated carbocycles. The minimum absolute atomic E-state index is 0.0343. The summed E-state index contributed by atoms with van der Waals surface area (Å²) in [7, 11) is 0. The number of benzene rings is 2. The van der Waals surface area contributed by atoms with Crippen LogP contribution in [0.25, 0.3) is 0 Å². The van der Waals surface area contributed by atoms with Crippen LogP contribution < -0.4 is 14.9 Å². The molecule has 0 spiro atoms. The van der Waals surface area contributed by atoms with Gasteiger partial charge >= 0.3 is 10.8 Å². The van der Waals surface area contributed by atoms with E-state index in [4.69, 9.17) is 21.4 Å². The van der Waals surface area contributed by atoms with Gasteiger partial charge in [0.15, 0.2) is 6.61 Å². The largest absolute Gasteiger partial charge is 0.483 e. The number of nitrogens with zero attached hydrogens (tertiary/aromatic N) is 1. The predicted octanol–water partition coefficient (Wildman–Crippen LogP) is 4.45. The van der Waals surface area contributed by atoms with Crippen molar-refractivity contribution in [3.05, 3.63) is 73.7 Å². The van der Waals surface area contributed by atoms with Gasteiger partial charge in [0.2, 0.25) is 11.8 Å². The van der Waals surface area contributed by atoms with Crippen molar-refractivity contribution < 1.29 is 29.0 Å². The first-order chi connectivity index (χ1) is 21.2. The summed E-state index contributed by atoms with van der Waals surface area (Å²) in [5, 5.41) is 13.1. The van der Waals surface area contributed by atoms with Crippen LogP contribution in [0.1, 0.15) is 35.6 Å². The quantitative estimate of drug-likeness (QED) is 0.287. The third-order valence-electron chi connectivity index (χ3n) is 9.31. The van der Waals surface area contributed by atoms with Crippen molar-refractivity contribution in [1.82, 2.24) is 9.88 Å². The van der Waals surface area contributed by atoms with Gasteiger partial charge in [0.25, 0.3) is 5.91 Å². The Morgan fingerprint density at radius 3 is 2.57 bits per heavy atom. The van der Waals surface area contributed by atoms with E-state index in [1.807, 2.05) is 18.2 Å². The topological polar surface area (TPSA) is 146 Å². The smallest absolute Gasteiger partial charge is 0.305 e. The van der Waals surface area contributed by atoms with E-state index in [0.717, 1.165) is 26.8 Å². The summed E-state index contributed by atoms with van der Waals surface area (Å²) in [6, 6.07) is 14.3. The number of ether oxygens (including phenoxy) is 1. The van der Waals surface area contributed by atoms with E-state index in [9.17, 15) is 24.0 Å². The second-order valence-electron chi connectivity index (χ2n) is 11.7. The molecule has 7 rings (SSSR count). The highest BCUT2D eigenvalue weighted by atomic mass is 35.5. The summed E-state index contributed by atoms with van der Waals surface area (Å²) in [6.45, 7) is -0.148. The molecule has 3 heterocycles. The van der Waals surface area contributed by atoms with Gasteiger partial charge in [0.1, 0.15) is 5.75 Å². The third kappa shape index (κ3) is 4.93. The lowest BCUT2D eigenvalue weighted by Gasteiger charge is -2.43. The first-order valence-corrected chi connectivity index (χ1v) is 16.5. The van der Waals surface area contributed by atoms with Crippen molar-refractivity contribution in [1.29, 1.82) is 0 Å². The summed E-state index contributed by atoms with van der Waals surface area (Å²) in [4.78, 5) is 68.6. The Morgan fingerprint density at radius 1 is 1.07 bits per heavy atom. The van der Waals surface area contributed by atoms with Crippen molar-refractivity contribution >= 4 is 64.1 Å². The lowest BCUT2D eigenvalue weighted by Crippen LogP contribution is -2.42. The number of hydrogen-bond acceptors (Lipinski definition) is 8. The fourth-order valence-electron chi connectivity index (χ4n) is 7.79. The highest BCUT2D eigenvalue weighted by Gasteiger charge is 2.69. The van der Waals surface area contributed by atoms with Gasteiger partial charge in [-0.1, -0.05) is 41.1 Å². The molecule has 44 heavy (non-hydrogen) atoms. The number of fused-ring (bicyclic) bond motifs is 9. The number of H-pyrrole nitrogens is 1. The summed E-state index contributed by atoms with van der Waals surface area (Å²) in [5.41, 5.74) is 1.38. The number of thioether (sulfide) groups is 1. The number of carboxylic acids is 1. The molecule has 13 heteroatoms. The maximum atomic E-state index is 13.7. The molecule has 2 aromatic carbocycles. The van der Waals surface area contributed by atoms with Crippen molar-refractivity contribution in [2.45, 2.75) is 35.5 Å².